The van der Waals surface area contributed by atoms with Crippen molar-refractivity contribution < 1.29 is 16.8 Å². The number of rotatable bonds is 8. The summed E-state index contributed by atoms with van der Waals surface area (Å²) in [6.45, 7) is 5.77. The molecule has 1 N–H and O–H groups in total. The van der Waals surface area contributed by atoms with Gasteiger partial charge in [-0.2, -0.15) is 4.31 Å². The van der Waals surface area contributed by atoms with Gasteiger partial charge in [-0.15, -0.1) is 0 Å². The standard InChI is InChI=1S/C24H31N5O4S2/c1-4-5-16-35(32,33)29-14-12-28(13-15-29)24-20-11-10-18(2)17-22(20)25-23(26-24)19-8-6-7-9-21(19)27-34(3,30)31/h6-11,17,27H,4-5,12-16H2,1-3H3. The molecule has 1 aromatic heterocycles. The van der Waals surface area contributed by atoms with Gasteiger partial charge in [0.25, 0.3) is 0 Å². The maximum Gasteiger partial charge on any atom is 0.229 e. The summed E-state index contributed by atoms with van der Waals surface area (Å²) in [6, 6.07) is 13.0. The summed E-state index contributed by atoms with van der Waals surface area (Å²) in [5, 5.41) is 0.871. The van der Waals surface area contributed by atoms with E-state index < -0.39 is 20.0 Å². The monoisotopic (exact) mass is 517 g/mol. The molecule has 3 aromatic rings. The molecule has 0 saturated carbocycles. The van der Waals surface area contributed by atoms with Gasteiger partial charge in [-0.1, -0.05) is 31.5 Å². The first-order valence-corrected chi connectivity index (χ1v) is 15.2. The topological polar surface area (TPSA) is 113 Å². The first-order chi connectivity index (χ1) is 16.6. The molecule has 0 unspecified atom stereocenters. The van der Waals surface area contributed by atoms with Crippen LogP contribution in [0.2, 0.25) is 0 Å². The SMILES string of the molecule is CCCCS(=O)(=O)N1CCN(c2nc(-c3ccccc3NS(C)(=O)=O)nc3cc(C)ccc23)CC1. The van der Waals surface area contributed by atoms with Crippen molar-refractivity contribution in [1.82, 2.24) is 14.3 Å². The molecule has 0 radical (unpaired) electrons. The second kappa shape index (κ2) is 10.1. The minimum Gasteiger partial charge on any atom is -0.353 e. The van der Waals surface area contributed by atoms with Crippen molar-refractivity contribution in [3.63, 3.8) is 0 Å². The average molecular weight is 518 g/mol. The molecule has 1 aliphatic heterocycles. The number of fused-ring (bicyclic) bond motifs is 1. The first-order valence-electron chi connectivity index (χ1n) is 11.7. The van der Waals surface area contributed by atoms with Crippen LogP contribution in [0.3, 0.4) is 0 Å². The van der Waals surface area contributed by atoms with E-state index in [9.17, 15) is 16.8 Å². The van der Waals surface area contributed by atoms with Gasteiger partial charge < -0.3 is 4.90 Å². The maximum absolute atomic E-state index is 12.7. The van der Waals surface area contributed by atoms with Crippen LogP contribution < -0.4 is 9.62 Å². The van der Waals surface area contributed by atoms with Crippen LogP contribution in [0.25, 0.3) is 22.3 Å². The Morgan fingerprint density at radius 1 is 0.971 bits per heavy atom. The molecule has 1 aliphatic rings. The van der Waals surface area contributed by atoms with Crippen LogP contribution in [-0.4, -0.2) is 69.3 Å². The Bertz CT molecular complexity index is 1430. The van der Waals surface area contributed by atoms with Crippen LogP contribution in [0, 0.1) is 6.92 Å². The van der Waals surface area contributed by atoms with E-state index >= 15 is 0 Å². The molecule has 0 atom stereocenters. The van der Waals surface area contributed by atoms with Gasteiger partial charge in [0.05, 0.1) is 23.2 Å². The van der Waals surface area contributed by atoms with Gasteiger partial charge in [0.1, 0.15) is 5.82 Å². The normalized spacial score (nSPS) is 15.5. The smallest absolute Gasteiger partial charge is 0.229 e. The lowest BCUT2D eigenvalue weighted by molar-refractivity contribution is 0.383. The molecular formula is C24H31N5O4S2. The molecule has 1 saturated heterocycles. The largest absolute Gasteiger partial charge is 0.353 e. The predicted molar refractivity (Wildman–Crippen MR) is 141 cm³/mol. The number of aryl methyl sites for hydroxylation is 1. The van der Waals surface area contributed by atoms with E-state index in [1.807, 2.05) is 38.1 Å². The molecule has 188 valence electrons. The quantitative estimate of drug-likeness (QED) is 0.488. The number of anilines is 2. The molecule has 35 heavy (non-hydrogen) atoms. The number of hydrogen-bond donors (Lipinski definition) is 1. The van der Waals surface area contributed by atoms with Gasteiger partial charge >= 0.3 is 0 Å². The lowest BCUT2D eigenvalue weighted by Gasteiger charge is -2.35. The fourth-order valence-corrected chi connectivity index (χ4v) is 6.39. The third kappa shape index (κ3) is 5.91. The highest BCUT2D eigenvalue weighted by molar-refractivity contribution is 7.92. The van der Waals surface area contributed by atoms with Crippen LogP contribution >= 0.6 is 0 Å². The Kier molecular flexibility index (Phi) is 7.30. The highest BCUT2D eigenvalue weighted by Gasteiger charge is 2.28. The molecule has 1 fully saturated rings. The van der Waals surface area contributed by atoms with Crippen LogP contribution in [-0.2, 0) is 20.0 Å². The lowest BCUT2D eigenvalue weighted by atomic mass is 10.1. The number of piperazine rings is 1. The number of aromatic nitrogens is 2. The van der Waals surface area contributed by atoms with Crippen molar-refractivity contribution in [2.75, 3.05) is 47.8 Å². The summed E-state index contributed by atoms with van der Waals surface area (Å²) in [7, 11) is -6.76. The Balaban J connectivity index is 1.73. The van der Waals surface area contributed by atoms with E-state index in [0.29, 0.717) is 55.5 Å². The number of unbranched alkanes of at least 4 members (excludes halogenated alkanes) is 1. The minimum absolute atomic E-state index is 0.174. The fourth-order valence-electron chi connectivity index (χ4n) is 4.19. The van der Waals surface area contributed by atoms with Gasteiger partial charge in [0, 0.05) is 37.1 Å². The molecule has 0 aliphatic carbocycles. The summed E-state index contributed by atoms with van der Waals surface area (Å²) in [4.78, 5) is 11.7. The Hall–Kier alpha value is -2.76. The number of nitrogens with one attached hydrogen (secondary N) is 1. The second-order valence-electron chi connectivity index (χ2n) is 8.87. The number of para-hydroxylation sites is 1. The van der Waals surface area contributed by atoms with E-state index in [4.69, 9.17) is 9.97 Å². The summed E-state index contributed by atoms with van der Waals surface area (Å²) >= 11 is 0. The summed E-state index contributed by atoms with van der Waals surface area (Å²) < 4.78 is 53.3. The van der Waals surface area contributed by atoms with Crippen molar-refractivity contribution in [1.29, 1.82) is 0 Å². The maximum atomic E-state index is 12.7. The third-order valence-corrected chi connectivity index (χ3v) is 8.53. The number of sulfonamides is 2. The van der Waals surface area contributed by atoms with Crippen LogP contribution in [0.15, 0.2) is 42.5 Å². The molecule has 2 aromatic carbocycles. The van der Waals surface area contributed by atoms with E-state index in [0.717, 1.165) is 29.1 Å². The number of benzene rings is 2. The van der Waals surface area contributed by atoms with E-state index in [1.54, 1.807) is 22.5 Å². The average Bonchev–Trinajstić information content (AvgIpc) is 2.81. The van der Waals surface area contributed by atoms with Gasteiger partial charge in [-0.05, 0) is 43.2 Å². The van der Waals surface area contributed by atoms with Gasteiger partial charge in [0.2, 0.25) is 20.0 Å². The zero-order valence-corrected chi connectivity index (χ0v) is 21.9. The molecule has 4 rings (SSSR count). The summed E-state index contributed by atoms with van der Waals surface area (Å²) in [5.74, 6) is 1.29. The second-order valence-corrected chi connectivity index (χ2v) is 12.7. The Morgan fingerprint density at radius 3 is 2.37 bits per heavy atom. The lowest BCUT2D eigenvalue weighted by Crippen LogP contribution is -2.49. The molecule has 2 heterocycles. The van der Waals surface area contributed by atoms with Crippen LogP contribution in [0.5, 0.6) is 0 Å². The first kappa shape index (κ1) is 25.3. The third-order valence-electron chi connectivity index (χ3n) is 5.98. The predicted octanol–water partition coefficient (Wildman–Crippen LogP) is 3.23. The van der Waals surface area contributed by atoms with Gasteiger partial charge in [-0.25, -0.2) is 26.8 Å². The highest BCUT2D eigenvalue weighted by Crippen LogP contribution is 2.32. The van der Waals surface area contributed by atoms with Crippen molar-refractivity contribution in [3.05, 3.63) is 48.0 Å². The molecule has 0 amide bonds. The van der Waals surface area contributed by atoms with Crippen LogP contribution in [0.4, 0.5) is 11.5 Å². The Morgan fingerprint density at radius 2 is 1.69 bits per heavy atom. The minimum atomic E-state index is -3.49. The Labute approximate surface area is 207 Å². The van der Waals surface area contributed by atoms with E-state index in [2.05, 4.69) is 9.62 Å². The van der Waals surface area contributed by atoms with Crippen molar-refractivity contribution in [2.24, 2.45) is 0 Å². The number of hydrogen-bond acceptors (Lipinski definition) is 7. The van der Waals surface area contributed by atoms with Crippen molar-refractivity contribution in [2.45, 2.75) is 26.7 Å². The summed E-state index contributed by atoms with van der Waals surface area (Å²) in [6.07, 6.45) is 2.60. The van der Waals surface area contributed by atoms with Gasteiger partial charge in [-0.3, -0.25) is 4.72 Å². The van der Waals surface area contributed by atoms with E-state index in [1.165, 1.54) is 0 Å². The summed E-state index contributed by atoms with van der Waals surface area (Å²) in [5.41, 5.74) is 2.77. The molecular weight excluding hydrogens is 486 g/mol. The molecule has 0 bridgehead atoms. The van der Waals surface area contributed by atoms with Gasteiger partial charge in [0.15, 0.2) is 5.82 Å². The van der Waals surface area contributed by atoms with Crippen LogP contribution in [0.1, 0.15) is 25.3 Å². The zero-order chi connectivity index (χ0) is 25.2. The van der Waals surface area contributed by atoms with Crippen molar-refractivity contribution in [3.8, 4) is 11.4 Å². The molecule has 0 spiro atoms. The fraction of sp³-hybridized carbons (Fsp3) is 0.417. The van der Waals surface area contributed by atoms with E-state index in [-0.39, 0.29) is 5.75 Å². The molecule has 9 nitrogen and oxygen atoms in total. The van der Waals surface area contributed by atoms with Crippen molar-refractivity contribution >= 4 is 42.5 Å². The zero-order valence-electron chi connectivity index (χ0n) is 20.2. The molecule has 11 heteroatoms. The number of nitrogens with zero attached hydrogens (tertiary/aromatic N) is 4. The highest BCUT2D eigenvalue weighted by atomic mass is 32.2.